The third kappa shape index (κ3) is 3.90. The van der Waals surface area contributed by atoms with Crippen LogP contribution in [0.25, 0.3) is 94.1 Å². The Morgan fingerprint density at radius 1 is 0.510 bits per heavy atom. The molecule has 0 amide bonds. The summed E-state index contributed by atoms with van der Waals surface area (Å²) >= 11 is 0. The summed E-state index contributed by atoms with van der Waals surface area (Å²) in [6, 6.07) is 53.8. The molecule has 7 aromatic carbocycles. The van der Waals surface area contributed by atoms with E-state index in [0.717, 1.165) is 77.2 Å². The summed E-state index contributed by atoms with van der Waals surface area (Å²) in [7, 11) is 0. The highest BCUT2D eigenvalue weighted by Gasteiger charge is 2.35. The molecular weight excluding hydrogens is 623 g/mol. The first-order valence-corrected chi connectivity index (χ1v) is 17.5. The van der Waals surface area contributed by atoms with Crippen molar-refractivity contribution in [2.45, 2.75) is 19.3 Å². The van der Waals surface area contributed by atoms with E-state index in [4.69, 9.17) is 14.4 Å². The van der Waals surface area contributed by atoms with Crippen LogP contribution in [-0.2, 0) is 5.41 Å². The van der Waals surface area contributed by atoms with E-state index in [2.05, 4.69) is 164 Å². The lowest BCUT2D eigenvalue weighted by atomic mass is 9.82. The molecule has 10 aromatic rings. The molecule has 0 aliphatic heterocycles. The summed E-state index contributed by atoms with van der Waals surface area (Å²) in [5.41, 5.74) is 14.0. The van der Waals surface area contributed by atoms with Gasteiger partial charge in [0.25, 0.3) is 0 Å². The molecule has 0 saturated heterocycles. The Kier molecular flexibility index (Phi) is 5.70. The van der Waals surface area contributed by atoms with Crippen molar-refractivity contribution < 1.29 is 4.42 Å². The van der Waals surface area contributed by atoms with E-state index >= 15 is 0 Å². The molecule has 4 heteroatoms. The Bertz CT molecular complexity index is 3060. The molecule has 11 rings (SSSR count). The maximum absolute atomic E-state index is 7.00. The Hall–Kier alpha value is -6.52. The normalized spacial score (nSPS) is 13.5. The molecule has 240 valence electrons. The number of rotatable bonds is 3. The topological polar surface area (TPSA) is 43.9 Å². The van der Waals surface area contributed by atoms with Crippen LogP contribution in [0.2, 0.25) is 0 Å². The van der Waals surface area contributed by atoms with E-state index in [-0.39, 0.29) is 5.41 Å². The fourth-order valence-corrected chi connectivity index (χ4v) is 8.61. The first-order valence-electron chi connectivity index (χ1n) is 17.5. The molecule has 4 nitrogen and oxygen atoms in total. The minimum Gasteiger partial charge on any atom is -0.455 e. The highest BCUT2D eigenvalue weighted by molar-refractivity contribution is 6.24. The van der Waals surface area contributed by atoms with Crippen LogP contribution in [-0.4, -0.2) is 14.5 Å². The smallest absolute Gasteiger partial charge is 0.164 e. The lowest BCUT2D eigenvalue weighted by molar-refractivity contribution is 0.660. The summed E-state index contributed by atoms with van der Waals surface area (Å²) in [6.45, 7) is 4.64. The van der Waals surface area contributed by atoms with Crippen LogP contribution in [0.4, 0.5) is 0 Å². The molecule has 3 aromatic heterocycles. The van der Waals surface area contributed by atoms with Gasteiger partial charge in [0.15, 0.2) is 5.82 Å². The number of aromatic nitrogens is 3. The number of nitrogens with zero attached hydrogens (tertiary/aromatic N) is 3. The van der Waals surface area contributed by atoms with Gasteiger partial charge in [-0.2, -0.15) is 0 Å². The second kappa shape index (κ2) is 10.3. The van der Waals surface area contributed by atoms with Crippen molar-refractivity contribution in [3.63, 3.8) is 0 Å². The molecule has 0 spiro atoms. The monoisotopic (exact) mass is 653 g/mol. The van der Waals surface area contributed by atoms with Gasteiger partial charge < -0.3 is 8.98 Å². The molecule has 0 unspecified atom stereocenters. The summed E-state index contributed by atoms with van der Waals surface area (Å²) in [4.78, 5) is 10.5. The molecule has 0 saturated carbocycles. The molecule has 0 radical (unpaired) electrons. The highest BCUT2D eigenvalue weighted by atomic mass is 16.3. The molecule has 0 N–H and O–H groups in total. The zero-order valence-corrected chi connectivity index (χ0v) is 28.2. The lowest BCUT2D eigenvalue weighted by Crippen LogP contribution is -2.14. The number of para-hydroxylation sites is 4. The van der Waals surface area contributed by atoms with Crippen molar-refractivity contribution in [1.82, 2.24) is 14.5 Å². The second-order valence-corrected chi connectivity index (χ2v) is 14.2. The van der Waals surface area contributed by atoms with Gasteiger partial charge in [0.05, 0.1) is 33.2 Å². The average molecular weight is 654 g/mol. The van der Waals surface area contributed by atoms with E-state index < -0.39 is 0 Å². The van der Waals surface area contributed by atoms with Crippen LogP contribution in [0.5, 0.6) is 0 Å². The Morgan fingerprint density at radius 2 is 1.22 bits per heavy atom. The van der Waals surface area contributed by atoms with E-state index in [9.17, 15) is 0 Å². The van der Waals surface area contributed by atoms with E-state index in [1.165, 1.54) is 22.3 Å². The zero-order chi connectivity index (χ0) is 33.8. The van der Waals surface area contributed by atoms with Crippen LogP contribution in [0.1, 0.15) is 25.0 Å². The number of furan rings is 1. The zero-order valence-electron chi connectivity index (χ0n) is 28.2. The fourth-order valence-electron chi connectivity index (χ4n) is 8.61. The quantitative estimate of drug-likeness (QED) is 0.191. The van der Waals surface area contributed by atoms with Gasteiger partial charge in [-0.3, -0.25) is 0 Å². The van der Waals surface area contributed by atoms with Crippen molar-refractivity contribution in [2.24, 2.45) is 0 Å². The molecule has 1 aliphatic carbocycles. The van der Waals surface area contributed by atoms with Crippen molar-refractivity contribution in [1.29, 1.82) is 0 Å². The van der Waals surface area contributed by atoms with Gasteiger partial charge in [0.2, 0.25) is 0 Å². The van der Waals surface area contributed by atoms with E-state index in [1.807, 2.05) is 6.07 Å². The minimum atomic E-state index is -0.109. The van der Waals surface area contributed by atoms with Gasteiger partial charge in [-0.15, -0.1) is 0 Å². The summed E-state index contributed by atoms with van der Waals surface area (Å²) in [5.74, 6) is 0.652. The maximum atomic E-state index is 7.00. The predicted molar refractivity (Wildman–Crippen MR) is 210 cm³/mol. The van der Waals surface area contributed by atoms with Crippen LogP contribution in [0.3, 0.4) is 0 Å². The van der Waals surface area contributed by atoms with Crippen LogP contribution in [0.15, 0.2) is 156 Å². The number of hydrogen-bond donors (Lipinski definition) is 0. The maximum Gasteiger partial charge on any atom is 0.164 e. The molecule has 0 atom stereocenters. The summed E-state index contributed by atoms with van der Waals surface area (Å²) < 4.78 is 9.32. The standard InChI is InChI=1S/C47H31N3O/c1-47(2)37-20-9-6-15-30(37)31-24-23-28(27-38(31)47)43-34-16-7-10-21-39(34)48-46(49-43)36-19-12-18-32-33-25-26-41-42(45(33)51-44(32)36)35-17-8-11-22-40(35)50(41)29-13-4-3-5-14-29/h3-27H,1-2H3. The van der Waals surface area contributed by atoms with Crippen molar-refractivity contribution >= 4 is 54.6 Å². The molecule has 0 bridgehead atoms. The third-order valence-electron chi connectivity index (χ3n) is 11.0. The van der Waals surface area contributed by atoms with Crippen LogP contribution < -0.4 is 0 Å². The fraction of sp³-hybridized carbons (Fsp3) is 0.0638. The molecule has 0 fully saturated rings. The number of hydrogen-bond acceptors (Lipinski definition) is 3. The Morgan fingerprint density at radius 3 is 2.12 bits per heavy atom. The molecular formula is C47H31N3O. The Balaban J connectivity index is 1.15. The molecule has 1 aliphatic rings. The predicted octanol–water partition coefficient (Wildman–Crippen LogP) is 12.3. The first kappa shape index (κ1) is 28.3. The summed E-state index contributed by atoms with van der Waals surface area (Å²) in [5, 5.41) is 5.43. The summed E-state index contributed by atoms with van der Waals surface area (Å²) in [6.07, 6.45) is 0. The third-order valence-corrected chi connectivity index (χ3v) is 11.0. The van der Waals surface area contributed by atoms with Crippen molar-refractivity contribution in [2.75, 3.05) is 0 Å². The van der Waals surface area contributed by atoms with Gasteiger partial charge in [-0.05, 0) is 70.8 Å². The number of benzene rings is 7. The van der Waals surface area contributed by atoms with Gasteiger partial charge in [0, 0.05) is 38.2 Å². The second-order valence-electron chi connectivity index (χ2n) is 14.2. The van der Waals surface area contributed by atoms with Gasteiger partial charge >= 0.3 is 0 Å². The highest BCUT2D eigenvalue weighted by Crippen LogP contribution is 2.50. The molecule has 51 heavy (non-hydrogen) atoms. The van der Waals surface area contributed by atoms with Gasteiger partial charge in [-0.25, -0.2) is 9.97 Å². The molecule has 3 heterocycles. The Labute approximate surface area is 294 Å². The minimum absolute atomic E-state index is 0.109. The number of fused-ring (bicyclic) bond motifs is 11. The van der Waals surface area contributed by atoms with E-state index in [1.54, 1.807) is 0 Å². The SMILES string of the molecule is CC1(C)c2ccccc2-c2ccc(-c3nc(-c4cccc5c4oc4c5ccc5c4c4ccccc4n5-c4ccccc4)nc4ccccc34)cc21. The van der Waals surface area contributed by atoms with Crippen molar-refractivity contribution in [3.8, 4) is 39.5 Å². The van der Waals surface area contributed by atoms with Crippen LogP contribution >= 0.6 is 0 Å². The van der Waals surface area contributed by atoms with Crippen LogP contribution in [0, 0.1) is 0 Å². The van der Waals surface area contributed by atoms with Crippen molar-refractivity contribution in [3.05, 3.63) is 163 Å². The van der Waals surface area contributed by atoms with Gasteiger partial charge in [0.1, 0.15) is 11.2 Å². The average Bonchev–Trinajstić information content (AvgIpc) is 3.80. The lowest BCUT2D eigenvalue weighted by Gasteiger charge is -2.22. The van der Waals surface area contributed by atoms with Gasteiger partial charge in [-0.1, -0.05) is 117 Å². The first-order chi connectivity index (χ1) is 25.1. The van der Waals surface area contributed by atoms with E-state index in [0.29, 0.717) is 5.82 Å². The largest absolute Gasteiger partial charge is 0.455 e.